The minimum Gasteiger partial charge on any atom is -0.461 e. The van der Waals surface area contributed by atoms with Crippen LogP contribution in [0.15, 0.2) is 63.8 Å². The number of aryl methyl sites for hydroxylation is 2. The summed E-state index contributed by atoms with van der Waals surface area (Å²) < 4.78 is 10.9. The lowest BCUT2D eigenvalue weighted by atomic mass is 9.97. The van der Waals surface area contributed by atoms with Gasteiger partial charge in [0, 0.05) is 36.2 Å². The number of carbonyl (C=O) groups excluding carboxylic acids is 2. The summed E-state index contributed by atoms with van der Waals surface area (Å²) >= 11 is 0. The van der Waals surface area contributed by atoms with E-state index in [4.69, 9.17) is 9.15 Å². The van der Waals surface area contributed by atoms with Crippen molar-refractivity contribution in [2.75, 3.05) is 13.1 Å². The van der Waals surface area contributed by atoms with E-state index in [0.29, 0.717) is 37.1 Å². The quantitative estimate of drug-likeness (QED) is 0.330. The fourth-order valence-corrected chi connectivity index (χ4v) is 4.04. The third-order valence-electron chi connectivity index (χ3n) is 6.17. The number of piperidine rings is 1. The molecule has 1 saturated heterocycles. The van der Waals surface area contributed by atoms with Gasteiger partial charge in [-0.15, -0.1) is 0 Å². The van der Waals surface area contributed by atoms with Crippen molar-refractivity contribution in [3.63, 3.8) is 0 Å². The molecule has 6 nitrogen and oxygen atoms in total. The van der Waals surface area contributed by atoms with Crippen molar-refractivity contribution in [2.45, 2.75) is 33.3 Å². The molecule has 1 aliphatic rings. The Labute approximate surface area is 192 Å². The van der Waals surface area contributed by atoms with Crippen LogP contribution in [-0.4, -0.2) is 29.9 Å². The fourth-order valence-electron chi connectivity index (χ4n) is 4.04. The van der Waals surface area contributed by atoms with E-state index in [0.717, 1.165) is 22.1 Å². The molecule has 0 spiro atoms. The molecule has 2 heterocycles. The number of likely N-dealkylation sites (tertiary alicyclic amines) is 1. The van der Waals surface area contributed by atoms with Gasteiger partial charge in [0.25, 0.3) is 0 Å². The summed E-state index contributed by atoms with van der Waals surface area (Å²) in [5, 5.41) is 0.774. The summed E-state index contributed by atoms with van der Waals surface area (Å²) in [5.74, 6) is -0.617. The highest BCUT2D eigenvalue weighted by atomic mass is 16.5. The maximum absolute atomic E-state index is 12.7. The lowest BCUT2D eigenvalue weighted by Gasteiger charge is -2.30. The highest BCUT2D eigenvalue weighted by molar-refractivity contribution is 5.92. The Bertz CT molecular complexity index is 1250. The molecule has 0 unspecified atom stereocenters. The van der Waals surface area contributed by atoms with Gasteiger partial charge in [0.2, 0.25) is 5.91 Å². The van der Waals surface area contributed by atoms with Crippen LogP contribution < -0.4 is 5.63 Å². The third kappa shape index (κ3) is 5.40. The number of rotatable bonds is 5. The van der Waals surface area contributed by atoms with Crippen LogP contribution in [0.4, 0.5) is 0 Å². The zero-order valence-electron chi connectivity index (χ0n) is 18.9. The van der Waals surface area contributed by atoms with Gasteiger partial charge >= 0.3 is 11.6 Å². The Morgan fingerprint density at radius 2 is 1.76 bits per heavy atom. The van der Waals surface area contributed by atoms with Crippen molar-refractivity contribution in [1.29, 1.82) is 0 Å². The van der Waals surface area contributed by atoms with Crippen molar-refractivity contribution >= 4 is 28.9 Å². The smallest absolute Gasteiger partial charge is 0.336 e. The van der Waals surface area contributed by atoms with Gasteiger partial charge in [0.05, 0.1) is 5.92 Å². The van der Waals surface area contributed by atoms with Gasteiger partial charge in [-0.3, -0.25) is 9.59 Å². The monoisotopic (exact) mass is 445 g/mol. The van der Waals surface area contributed by atoms with Gasteiger partial charge in [0.15, 0.2) is 0 Å². The minimum absolute atomic E-state index is 0.0163. The summed E-state index contributed by atoms with van der Waals surface area (Å²) in [5.41, 5.74) is 3.73. The van der Waals surface area contributed by atoms with Crippen LogP contribution in [0.1, 0.15) is 35.1 Å². The molecular weight excluding hydrogens is 418 g/mol. The summed E-state index contributed by atoms with van der Waals surface area (Å²) in [7, 11) is 0. The summed E-state index contributed by atoms with van der Waals surface area (Å²) in [6.45, 7) is 4.97. The number of ether oxygens (including phenoxy) is 1. The largest absolute Gasteiger partial charge is 0.461 e. The average molecular weight is 446 g/mol. The predicted octanol–water partition coefficient (Wildman–Crippen LogP) is 4.41. The minimum atomic E-state index is -0.466. The van der Waals surface area contributed by atoms with E-state index in [9.17, 15) is 14.4 Å². The van der Waals surface area contributed by atoms with E-state index in [1.807, 2.05) is 56.3 Å². The summed E-state index contributed by atoms with van der Waals surface area (Å²) in [6.07, 6.45) is 4.48. The van der Waals surface area contributed by atoms with Crippen molar-refractivity contribution in [3.05, 3.63) is 87.3 Å². The average Bonchev–Trinajstić information content (AvgIpc) is 2.82. The molecule has 33 heavy (non-hydrogen) atoms. The fraction of sp³-hybridized carbons (Fsp3) is 0.296. The molecule has 4 rings (SSSR count). The first-order valence-electron chi connectivity index (χ1n) is 11.1. The molecule has 0 N–H and O–H groups in total. The van der Waals surface area contributed by atoms with Gasteiger partial charge in [-0.05, 0) is 61.6 Å². The van der Waals surface area contributed by atoms with Gasteiger partial charge in [0.1, 0.15) is 12.2 Å². The Hall–Kier alpha value is -3.67. The van der Waals surface area contributed by atoms with E-state index in [1.54, 1.807) is 17.1 Å². The van der Waals surface area contributed by atoms with E-state index in [-0.39, 0.29) is 24.4 Å². The third-order valence-corrected chi connectivity index (χ3v) is 6.17. The van der Waals surface area contributed by atoms with Crippen molar-refractivity contribution in [2.24, 2.45) is 5.92 Å². The Balaban J connectivity index is 1.34. The molecule has 2 aromatic carbocycles. The Kier molecular flexibility index (Phi) is 6.73. The van der Waals surface area contributed by atoms with Crippen LogP contribution in [0.3, 0.4) is 0 Å². The van der Waals surface area contributed by atoms with Crippen LogP contribution in [0.25, 0.3) is 17.0 Å². The standard InChI is InChI=1S/C27H27NO5/c1-18-14-23-22(16-26(30)33-24(23)15-19(18)2)17-32-27(31)21-10-12-28(13-11-21)25(29)9-8-20-6-4-3-5-7-20/h3-9,14-16,21H,10-13,17H2,1-2H3/b9-8+. The highest BCUT2D eigenvalue weighted by Gasteiger charge is 2.28. The van der Waals surface area contributed by atoms with Crippen molar-refractivity contribution < 1.29 is 18.7 Å². The first-order valence-corrected chi connectivity index (χ1v) is 11.1. The molecule has 3 aromatic rings. The van der Waals surface area contributed by atoms with Crippen molar-refractivity contribution in [1.82, 2.24) is 4.90 Å². The van der Waals surface area contributed by atoms with E-state index in [1.165, 1.54) is 6.07 Å². The van der Waals surface area contributed by atoms with E-state index in [2.05, 4.69) is 0 Å². The number of esters is 1. The van der Waals surface area contributed by atoms with Gasteiger partial charge < -0.3 is 14.1 Å². The second-order valence-corrected chi connectivity index (χ2v) is 8.47. The number of amides is 1. The van der Waals surface area contributed by atoms with Crippen LogP contribution in [0, 0.1) is 19.8 Å². The number of benzene rings is 2. The molecule has 1 aromatic heterocycles. The topological polar surface area (TPSA) is 76.8 Å². The van der Waals surface area contributed by atoms with Crippen LogP contribution in [0.5, 0.6) is 0 Å². The molecule has 0 saturated carbocycles. The normalized spacial score (nSPS) is 14.7. The number of nitrogens with zero attached hydrogens (tertiary/aromatic N) is 1. The van der Waals surface area contributed by atoms with Crippen LogP contribution >= 0.6 is 0 Å². The second-order valence-electron chi connectivity index (χ2n) is 8.47. The molecule has 0 radical (unpaired) electrons. The number of fused-ring (bicyclic) bond motifs is 1. The number of carbonyl (C=O) groups is 2. The predicted molar refractivity (Wildman–Crippen MR) is 127 cm³/mol. The Morgan fingerprint density at radius 1 is 1.06 bits per heavy atom. The Morgan fingerprint density at radius 3 is 2.48 bits per heavy atom. The zero-order chi connectivity index (χ0) is 23.4. The lowest BCUT2D eigenvalue weighted by molar-refractivity contribution is -0.152. The first-order chi connectivity index (χ1) is 15.9. The molecule has 6 heteroatoms. The van der Waals surface area contributed by atoms with E-state index < -0.39 is 5.63 Å². The maximum Gasteiger partial charge on any atom is 0.336 e. The molecule has 0 aliphatic carbocycles. The zero-order valence-corrected chi connectivity index (χ0v) is 18.9. The molecule has 1 fully saturated rings. The van der Waals surface area contributed by atoms with Gasteiger partial charge in [-0.1, -0.05) is 30.3 Å². The molecule has 0 atom stereocenters. The highest BCUT2D eigenvalue weighted by Crippen LogP contribution is 2.24. The lowest BCUT2D eigenvalue weighted by Crippen LogP contribution is -2.39. The maximum atomic E-state index is 12.7. The van der Waals surface area contributed by atoms with Crippen LogP contribution in [0.2, 0.25) is 0 Å². The molecule has 1 aliphatic heterocycles. The summed E-state index contributed by atoms with van der Waals surface area (Å²) in [4.78, 5) is 38.8. The second kappa shape index (κ2) is 9.86. The summed E-state index contributed by atoms with van der Waals surface area (Å²) in [6, 6.07) is 14.8. The van der Waals surface area contributed by atoms with Crippen molar-refractivity contribution in [3.8, 4) is 0 Å². The SMILES string of the molecule is Cc1cc2oc(=O)cc(COC(=O)C3CCN(C(=O)/C=C/c4ccccc4)CC3)c2cc1C. The molecular formula is C27H27NO5. The first kappa shape index (κ1) is 22.5. The van der Waals surface area contributed by atoms with Gasteiger partial charge in [-0.2, -0.15) is 0 Å². The van der Waals surface area contributed by atoms with Crippen LogP contribution in [-0.2, 0) is 20.9 Å². The number of hydrogen-bond acceptors (Lipinski definition) is 5. The molecule has 1 amide bonds. The molecule has 0 bridgehead atoms. The van der Waals surface area contributed by atoms with E-state index >= 15 is 0 Å². The van der Waals surface area contributed by atoms with Gasteiger partial charge in [-0.25, -0.2) is 4.79 Å². The molecule has 170 valence electrons. The number of hydrogen-bond donors (Lipinski definition) is 0.